The molecule has 0 aromatic carbocycles. The zero-order chi connectivity index (χ0) is 14.2. The maximum absolute atomic E-state index is 4.81. The Morgan fingerprint density at radius 1 is 1.33 bits per heavy atom. The van der Waals surface area contributed by atoms with Crippen molar-refractivity contribution < 1.29 is 0 Å². The van der Waals surface area contributed by atoms with Crippen LogP contribution in [0.5, 0.6) is 0 Å². The van der Waals surface area contributed by atoms with Crippen LogP contribution < -0.4 is 0 Å². The quantitative estimate of drug-likeness (QED) is 0.744. The summed E-state index contributed by atoms with van der Waals surface area (Å²) in [7, 11) is 2.22. The van der Waals surface area contributed by atoms with E-state index in [4.69, 9.17) is 4.98 Å². The monoisotopic (exact) mass is 298 g/mol. The van der Waals surface area contributed by atoms with Crippen LogP contribution in [-0.2, 0) is 6.54 Å². The summed E-state index contributed by atoms with van der Waals surface area (Å²) in [6.07, 6.45) is 4.40. The third-order valence-electron chi connectivity index (χ3n) is 4.31. The van der Waals surface area contributed by atoms with Crippen LogP contribution in [0, 0.1) is 0 Å². The van der Waals surface area contributed by atoms with Gasteiger partial charge < -0.3 is 9.47 Å². The lowest BCUT2D eigenvalue weighted by molar-refractivity contribution is 0.284. The highest BCUT2D eigenvalue weighted by molar-refractivity contribution is 7.13. The van der Waals surface area contributed by atoms with E-state index in [1.807, 2.05) is 18.3 Å². The summed E-state index contributed by atoms with van der Waals surface area (Å²) in [5.74, 6) is 1.05. The summed E-state index contributed by atoms with van der Waals surface area (Å²) < 4.78 is 2.30. The predicted molar refractivity (Wildman–Crippen MR) is 86.5 cm³/mol. The molecule has 1 aliphatic heterocycles. The van der Waals surface area contributed by atoms with Crippen LogP contribution in [0.1, 0.15) is 12.8 Å². The number of hydrogen-bond donors (Lipinski definition) is 0. The minimum Gasteiger partial charge on any atom is -0.306 e. The Labute approximate surface area is 128 Å². The Kier molecular flexibility index (Phi) is 3.24. The molecule has 1 saturated heterocycles. The summed E-state index contributed by atoms with van der Waals surface area (Å²) in [6.45, 7) is 2.16. The third kappa shape index (κ3) is 2.26. The second kappa shape index (κ2) is 5.24. The van der Waals surface area contributed by atoms with Crippen molar-refractivity contribution in [3.05, 3.63) is 35.8 Å². The molecule has 1 fully saturated rings. The highest BCUT2D eigenvalue weighted by atomic mass is 32.1. The first-order valence-corrected chi connectivity index (χ1v) is 8.26. The van der Waals surface area contributed by atoms with Crippen molar-refractivity contribution in [2.75, 3.05) is 13.6 Å². The normalized spacial score (nSPS) is 19.6. The second-order valence-corrected chi connectivity index (χ2v) is 6.59. The number of likely N-dealkylation sites (N-methyl/N-ethyl adjacent to an activating group) is 1. The molecule has 0 spiro atoms. The fourth-order valence-electron chi connectivity index (χ4n) is 3.15. The largest absolute Gasteiger partial charge is 0.306 e. The number of rotatable bonds is 3. The lowest BCUT2D eigenvalue weighted by Crippen LogP contribution is -2.29. The molecule has 1 atom stereocenters. The van der Waals surface area contributed by atoms with Crippen LogP contribution in [0.25, 0.3) is 21.9 Å². The van der Waals surface area contributed by atoms with Gasteiger partial charge in [0.25, 0.3) is 0 Å². The van der Waals surface area contributed by atoms with Gasteiger partial charge in [-0.2, -0.15) is 0 Å². The lowest BCUT2D eigenvalue weighted by atomic mass is 10.2. The predicted octanol–water partition coefficient (Wildman–Crippen LogP) is 3.25. The number of pyridine rings is 1. The Balaban J connectivity index is 1.82. The minimum absolute atomic E-state index is 0.586. The SMILES string of the molecule is CN1CCCC1Cn1c(-c2cccs2)nc2cccnc21. The average Bonchev–Trinajstić information content (AvgIpc) is 3.21. The smallest absolute Gasteiger partial charge is 0.160 e. The number of thiophene rings is 1. The van der Waals surface area contributed by atoms with Crippen molar-refractivity contribution in [1.29, 1.82) is 0 Å². The maximum Gasteiger partial charge on any atom is 0.160 e. The van der Waals surface area contributed by atoms with Gasteiger partial charge in [-0.1, -0.05) is 6.07 Å². The second-order valence-electron chi connectivity index (χ2n) is 5.65. The molecule has 0 aliphatic carbocycles. The molecule has 4 nitrogen and oxygen atoms in total. The van der Waals surface area contributed by atoms with Gasteiger partial charge in [-0.05, 0) is 50.0 Å². The molecule has 1 unspecified atom stereocenters. The van der Waals surface area contributed by atoms with Crippen molar-refractivity contribution in [3.63, 3.8) is 0 Å². The zero-order valence-electron chi connectivity index (χ0n) is 12.1. The van der Waals surface area contributed by atoms with Gasteiger partial charge in [0.1, 0.15) is 5.52 Å². The van der Waals surface area contributed by atoms with Crippen molar-refractivity contribution in [3.8, 4) is 10.7 Å². The summed E-state index contributed by atoms with van der Waals surface area (Å²) >= 11 is 1.74. The van der Waals surface area contributed by atoms with Gasteiger partial charge in [0.2, 0.25) is 0 Å². The first-order valence-electron chi connectivity index (χ1n) is 7.38. The van der Waals surface area contributed by atoms with Gasteiger partial charge in [0, 0.05) is 18.8 Å². The summed E-state index contributed by atoms with van der Waals surface area (Å²) in [5.41, 5.74) is 1.99. The van der Waals surface area contributed by atoms with Gasteiger partial charge in [-0.25, -0.2) is 9.97 Å². The molecule has 0 saturated carbocycles. The van der Waals surface area contributed by atoms with Gasteiger partial charge in [0.05, 0.1) is 4.88 Å². The molecule has 4 rings (SSSR count). The molecule has 0 N–H and O–H groups in total. The van der Waals surface area contributed by atoms with Gasteiger partial charge in [-0.3, -0.25) is 0 Å². The molecule has 0 radical (unpaired) electrons. The summed E-state index contributed by atoms with van der Waals surface area (Å²) in [5, 5.41) is 2.11. The molecule has 21 heavy (non-hydrogen) atoms. The number of aromatic nitrogens is 3. The Hall–Kier alpha value is -1.72. The van der Waals surface area contributed by atoms with E-state index >= 15 is 0 Å². The van der Waals surface area contributed by atoms with E-state index in [2.05, 4.69) is 39.0 Å². The molecule has 5 heteroatoms. The first kappa shape index (κ1) is 13.0. The lowest BCUT2D eigenvalue weighted by Gasteiger charge is -2.21. The average molecular weight is 298 g/mol. The van der Waals surface area contributed by atoms with Crippen LogP contribution in [0.3, 0.4) is 0 Å². The van der Waals surface area contributed by atoms with Crippen molar-refractivity contribution >= 4 is 22.5 Å². The standard InChI is InChI=1S/C16H18N4S/c1-19-9-3-5-12(19)11-20-15-13(6-2-8-17-15)18-16(20)14-7-4-10-21-14/h2,4,6-8,10,12H,3,5,9,11H2,1H3. The maximum atomic E-state index is 4.81. The van der Waals surface area contributed by atoms with Crippen molar-refractivity contribution in [2.24, 2.45) is 0 Å². The van der Waals surface area contributed by atoms with E-state index in [1.54, 1.807) is 11.3 Å². The van der Waals surface area contributed by atoms with E-state index in [0.29, 0.717) is 6.04 Å². The van der Waals surface area contributed by atoms with E-state index < -0.39 is 0 Å². The van der Waals surface area contributed by atoms with Crippen LogP contribution in [-0.4, -0.2) is 39.1 Å². The summed E-state index contributed by atoms with van der Waals surface area (Å²) in [4.78, 5) is 13.0. The number of hydrogen-bond acceptors (Lipinski definition) is 4. The topological polar surface area (TPSA) is 34.0 Å². The fourth-order valence-corrected chi connectivity index (χ4v) is 3.87. The van der Waals surface area contributed by atoms with E-state index in [9.17, 15) is 0 Å². The Morgan fingerprint density at radius 2 is 2.29 bits per heavy atom. The Morgan fingerprint density at radius 3 is 3.05 bits per heavy atom. The minimum atomic E-state index is 0.586. The van der Waals surface area contributed by atoms with E-state index in [-0.39, 0.29) is 0 Å². The molecule has 0 amide bonds. The highest BCUT2D eigenvalue weighted by Gasteiger charge is 2.24. The van der Waals surface area contributed by atoms with Crippen molar-refractivity contribution in [1.82, 2.24) is 19.4 Å². The molecule has 1 aliphatic rings. The van der Waals surface area contributed by atoms with Crippen molar-refractivity contribution in [2.45, 2.75) is 25.4 Å². The first-order chi connectivity index (χ1) is 10.3. The molecule has 4 heterocycles. The summed E-state index contributed by atoms with van der Waals surface area (Å²) in [6, 6.07) is 8.82. The molecule has 3 aromatic rings. The number of likely N-dealkylation sites (tertiary alicyclic amines) is 1. The van der Waals surface area contributed by atoms with E-state index in [0.717, 1.165) is 23.5 Å². The van der Waals surface area contributed by atoms with E-state index in [1.165, 1.54) is 24.3 Å². The molecular formula is C16H18N4S. The number of fused-ring (bicyclic) bond motifs is 1. The van der Waals surface area contributed by atoms with Crippen LogP contribution in [0.15, 0.2) is 35.8 Å². The highest BCUT2D eigenvalue weighted by Crippen LogP contribution is 2.29. The van der Waals surface area contributed by atoms with Crippen LogP contribution >= 0.6 is 11.3 Å². The van der Waals surface area contributed by atoms with Gasteiger partial charge >= 0.3 is 0 Å². The fraction of sp³-hybridized carbons (Fsp3) is 0.375. The van der Waals surface area contributed by atoms with Crippen LogP contribution in [0.4, 0.5) is 0 Å². The van der Waals surface area contributed by atoms with Gasteiger partial charge in [0.15, 0.2) is 11.5 Å². The number of imidazole rings is 1. The molecule has 3 aromatic heterocycles. The number of nitrogens with zero attached hydrogens (tertiary/aromatic N) is 4. The molecule has 108 valence electrons. The van der Waals surface area contributed by atoms with Gasteiger partial charge in [-0.15, -0.1) is 11.3 Å². The Bertz CT molecular complexity index is 747. The third-order valence-corrected chi connectivity index (χ3v) is 5.18. The molecule has 0 bridgehead atoms. The zero-order valence-corrected chi connectivity index (χ0v) is 12.9. The molecular weight excluding hydrogens is 280 g/mol. The van der Waals surface area contributed by atoms with Crippen LogP contribution in [0.2, 0.25) is 0 Å².